The highest BCUT2D eigenvalue weighted by Gasteiger charge is 2.35. The lowest BCUT2D eigenvalue weighted by molar-refractivity contribution is -0.144. The highest BCUT2D eigenvalue weighted by Crippen LogP contribution is 2.22. The molecule has 2 fully saturated rings. The molecule has 1 atom stereocenters. The van der Waals surface area contributed by atoms with Gasteiger partial charge in [-0.05, 0) is 18.6 Å². The minimum absolute atomic E-state index is 0.0347. The first-order valence-corrected chi connectivity index (χ1v) is 8.44. The maximum atomic E-state index is 12.5. The van der Waals surface area contributed by atoms with E-state index in [2.05, 4.69) is 4.90 Å². The van der Waals surface area contributed by atoms with Crippen molar-refractivity contribution in [2.24, 2.45) is 5.92 Å². The number of para-hydroxylation sites is 1. The van der Waals surface area contributed by atoms with Crippen LogP contribution < -0.4 is 4.74 Å². The number of morpholine rings is 1. The molecular formula is C18H26N2O3. The smallest absolute Gasteiger partial charge is 0.226 e. The minimum atomic E-state index is 0.0347. The lowest BCUT2D eigenvalue weighted by Crippen LogP contribution is -2.58. The molecular weight excluding hydrogens is 292 g/mol. The van der Waals surface area contributed by atoms with Gasteiger partial charge >= 0.3 is 0 Å². The zero-order valence-electron chi connectivity index (χ0n) is 14.0. The normalized spacial score (nSPS) is 20.9. The van der Waals surface area contributed by atoms with Crippen molar-refractivity contribution in [3.63, 3.8) is 0 Å². The van der Waals surface area contributed by atoms with E-state index in [1.165, 1.54) is 0 Å². The molecule has 0 aromatic heterocycles. The Kier molecular flexibility index (Phi) is 5.18. The summed E-state index contributed by atoms with van der Waals surface area (Å²) in [5, 5.41) is 0. The van der Waals surface area contributed by atoms with E-state index in [-0.39, 0.29) is 17.9 Å². The lowest BCUT2D eigenvalue weighted by atomic mass is 10.0. The van der Waals surface area contributed by atoms with Crippen LogP contribution in [0, 0.1) is 12.8 Å². The van der Waals surface area contributed by atoms with Crippen molar-refractivity contribution in [3.05, 3.63) is 29.8 Å². The Hall–Kier alpha value is -1.59. The first kappa shape index (κ1) is 16.3. The first-order chi connectivity index (χ1) is 11.1. The first-order valence-electron chi connectivity index (χ1n) is 8.44. The fraction of sp³-hybridized carbons (Fsp3) is 0.611. The summed E-state index contributed by atoms with van der Waals surface area (Å²) in [5.41, 5.74) is 1.14. The predicted octanol–water partition coefficient (Wildman–Crippen LogP) is 1.55. The van der Waals surface area contributed by atoms with Crippen molar-refractivity contribution in [1.82, 2.24) is 9.80 Å². The van der Waals surface area contributed by atoms with Crippen LogP contribution in [0.15, 0.2) is 24.3 Å². The van der Waals surface area contributed by atoms with Crippen molar-refractivity contribution in [2.75, 3.05) is 45.9 Å². The van der Waals surface area contributed by atoms with Gasteiger partial charge in [-0.25, -0.2) is 0 Å². The summed E-state index contributed by atoms with van der Waals surface area (Å²) in [6, 6.07) is 8.02. The molecule has 1 aromatic rings. The minimum Gasteiger partial charge on any atom is -0.486 e. The number of hydrogen-bond donors (Lipinski definition) is 0. The molecule has 1 amide bonds. The maximum Gasteiger partial charge on any atom is 0.226 e. The number of nitrogens with zero attached hydrogens (tertiary/aromatic N) is 2. The summed E-state index contributed by atoms with van der Waals surface area (Å²) in [6.07, 6.45) is 0.121. The number of carbonyl (C=O) groups excluding carboxylic acids is 1. The lowest BCUT2D eigenvalue weighted by Gasteiger charge is -2.41. The highest BCUT2D eigenvalue weighted by atomic mass is 16.5. The topological polar surface area (TPSA) is 42.0 Å². The second-order valence-corrected chi connectivity index (χ2v) is 6.56. The van der Waals surface area contributed by atoms with Crippen molar-refractivity contribution in [2.45, 2.75) is 20.0 Å². The molecule has 0 bridgehead atoms. The van der Waals surface area contributed by atoms with E-state index in [9.17, 15) is 4.79 Å². The van der Waals surface area contributed by atoms with Crippen molar-refractivity contribution < 1.29 is 14.3 Å². The van der Waals surface area contributed by atoms with Gasteiger partial charge in [0.05, 0.1) is 26.3 Å². The Bertz CT molecular complexity index is 537. The summed E-state index contributed by atoms with van der Waals surface area (Å²) in [4.78, 5) is 16.7. The van der Waals surface area contributed by atoms with Crippen LogP contribution in [0.5, 0.6) is 5.75 Å². The van der Waals surface area contributed by atoms with E-state index in [0.29, 0.717) is 13.1 Å². The van der Waals surface area contributed by atoms with Gasteiger partial charge in [0.25, 0.3) is 0 Å². The van der Waals surface area contributed by atoms with E-state index in [1.54, 1.807) is 0 Å². The van der Waals surface area contributed by atoms with Crippen LogP contribution in [0.1, 0.15) is 12.5 Å². The van der Waals surface area contributed by atoms with Crippen LogP contribution in [0.2, 0.25) is 0 Å². The van der Waals surface area contributed by atoms with Gasteiger partial charge in [-0.15, -0.1) is 0 Å². The van der Waals surface area contributed by atoms with E-state index < -0.39 is 0 Å². The molecule has 5 nitrogen and oxygen atoms in total. The van der Waals surface area contributed by atoms with Crippen LogP contribution in [0.3, 0.4) is 0 Å². The second kappa shape index (κ2) is 7.32. The van der Waals surface area contributed by atoms with Gasteiger partial charge in [0.2, 0.25) is 5.91 Å². The van der Waals surface area contributed by atoms with Crippen LogP contribution in [-0.4, -0.2) is 67.7 Å². The molecule has 2 aliphatic rings. The largest absolute Gasteiger partial charge is 0.486 e. The number of rotatable bonds is 5. The summed E-state index contributed by atoms with van der Waals surface area (Å²) in [5.74, 6) is 1.19. The van der Waals surface area contributed by atoms with Gasteiger partial charge in [0.15, 0.2) is 0 Å². The molecule has 5 heteroatoms. The van der Waals surface area contributed by atoms with Gasteiger partial charge < -0.3 is 14.4 Å². The SMILES string of the molecule is Cc1ccccc1OC1CN(C(=O)C(C)CN2CCOCC2)C1. The second-order valence-electron chi connectivity index (χ2n) is 6.56. The Morgan fingerprint density at radius 3 is 2.70 bits per heavy atom. The number of benzene rings is 1. The number of carbonyl (C=O) groups is 1. The van der Waals surface area contributed by atoms with E-state index in [0.717, 1.165) is 44.2 Å². The molecule has 2 aliphatic heterocycles. The molecule has 1 aromatic carbocycles. The monoisotopic (exact) mass is 318 g/mol. The summed E-state index contributed by atoms with van der Waals surface area (Å²) in [7, 11) is 0. The van der Waals surface area contributed by atoms with Gasteiger partial charge in [-0.1, -0.05) is 25.1 Å². The molecule has 0 saturated carbocycles. The Labute approximate surface area is 138 Å². The van der Waals surface area contributed by atoms with Gasteiger partial charge in [0.1, 0.15) is 11.9 Å². The predicted molar refractivity (Wildman–Crippen MR) is 88.6 cm³/mol. The third-order valence-corrected chi connectivity index (χ3v) is 4.60. The molecule has 126 valence electrons. The van der Waals surface area contributed by atoms with E-state index >= 15 is 0 Å². The summed E-state index contributed by atoms with van der Waals surface area (Å²) in [6.45, 7) is 9.68. The molecule has 1 unspecified atom stereocenters. The molecule has 23 heavy (non-hydrogen) atoms. The maximum absolute atomic E-state index is 12.5. The third-order valence-electron chi connectivity index (χ3n) is 4.60. The quantitative estimate of drug-likeness (QED) is 0.826. The summed E-state index contributed by atoms with van der Waals surface area (Å²) < 4.78 is 11.3. The number of amides is 1. The standard InChI is InChI=1S/C18H26N2O3/c1-14-5-3-4-6-17(14)23-16-12-20(13-16)18(21)15(2)11-19-7-9-22-10-8-19/h3-6,15-16H,7-13H2,1-2H3. The van der Waals surface area contributed by atoms with E-state index in [1.807, 2.05) is 43.0 Å². The highest BCUT2D eigenvalue weighted by molar-refractivity contribution is 5.79. The Balaban J connectivity index is 1.43. The number of likely N-dealkylation sites (tertiary alicyclic amines) is 1. The van der Waals surface area contributed by atoms with E-state index in [4.69, 9.17) is 9.47 Å². The Morgan fingerprint density at radius 2 is 2.00 bits per heavy atom. The number of hydrogen-bond acceptors (Lipinski definition) is 4. The van der Waals surface area contributed by atoms with Crippen LogP contribution in [0.25, 0.3) is 0 Å². The van der Waals surface area contributed by atoms with Crippen molar-refractivity contribution >= 4 is 5.91 Å². The van der Waals surface area contributed by atoms with Crippen molar-refractivity contribution in [1.29, 1.82) is 0 Å². The number of ether oxygens (including phenoxy) is 2. The molecule has 0 spiro atoms. The fourth-order valence-corrected chi connectivity index (χ4v) is 3.12. The molecule has 2 heterocycles. The third kappa shape index (κ3) is 4.03. The molecule has 2 saturated heterocycles. The zero-order chi connectivity index (χ0) is 16.2. The summed E-state index contributed by atoms with van der Waals surface area (Å²) >= 11 is 0. The van der Waals surface area contributed by atoms with Gasteiger partial charge in [0, 0.05) is 25.6 Å². The van der Waals surface area contributed by atoms with Gasteiger partial charge in [-0.3, -0.25) is 9.69 Å². The fourth-order valence-electron chi connectivity index (χ4n) is 3.12. The van der Waals surface area contributed by atoms with Crippen LogP contribution in [0.4, 0.5) is 0 Å². The average Bonchev–Trinajstić information content (AvgIpc) is 2.52. The Morgan fingerprint density at radius 1 is 1.30 bits per heavy atom. The molecule has 0 aliphatic carbocycles. The molecule has 0 radical (unpaired) electrons. The number of aryl methyl sites for hydroxylation is 1. The molecule has 0 N–H and O–H groups in total. The van der Waals surface area contributed by atoms with Gasteiger partial charge in [-0.2, -0.15) is 0 Å². The van der Waals surface area contributed by atoms with Crippen molar-refractivity contribution in [3.8, 4) is 5.75 Å². The average molecular weight is 318 g/mol. The molecule has 3 rings (SSSR count). The van der Waals surface area contributed by atoms with Crippen LogP contribution in [-0.2, 0) is 9.53 Å². The zero-order valence-corrected chi connectivity index (χ0v) is 14.0. The van der Waals surface area contributed by atoms with Crippen LogP contribution >= 0.6 is 0 Å².